The van der Waals surface area contributed by atoms with Gasteiger partial charge in [-0.05, 0) is 31.0 Å². The molecule has 1 aliphatic carbocycles. The molecule has 0 radical (unpaired) electrons. The summed E-state index contributed by atoms with van der Waals surface area (Å²) in [6.07, 6.45) is 1.79. The van der Waals surface area contributed by atoms with Crippen molar-refractivity contribution in [1.29, 1.82) is 0 Å². The second-order valence-electron chi connectivity index (χ2n) is 3.98. The Hall–Kier alpha value is -2.04. The molecule has 2 rings (SSSR count). The zero-order chi connectivity index (χ0) is 12.4. The first kappa shape index (κ1) is 11.4. The number of carboxylic acid groups (broad SMARTS) is 1. The zero-order valence-corrected chi connectivity index (χ0v) is 9.40. The molecule has 2 N–H and O–H groups in total. The number of benzene rings is 1. The van der Waals surface area contributed by atoms with Crippen molar-refractivity contribution in [2.45, 2.75) is 12.8 Å². The molecule has 0 bridgehead atoms. The monoisotopic (exact) mass is 235 g/mol. The van der Waals surface area contributed by atoms with Crippen LogP contribution in [0.1, 0.15) is 23.2 Å². The first-order valence-corrected chi connectivity index (χ1v) is 5.34. The number of rotatable bonds is 4. The summed E-state index contributed by atoms with van der Waals surface area (Å²) < 4.78 is 5.07. The zero-order valence-electron chi connectivity index (χ0n) is 9.40. The number of hydrogen-bond donors (Lipinski definition) is 2. The van der Waals surface area contributed by atoms with Crippen molar-refractivity contribution in [2.24, 2.45) is 5.92 Å². The van der Waals surface area contributed by atoms with Gasteiger partial charge >= 0.3 is 5.97 Å². The molecule has 5 nitrogen and oxygen atoms in total. The van der Waals surface area contributed by atoms with Gasteiger partial charge < -0.3 is 15.2 Å². The largest absolute Gasteiger partial charge is 0.495 e. The summed E-state index contributed by atoms with van der Waals surface area (Å²) in [7, 11) is 1.47. The van der Waals surface area contributed by atoms with Gasteiger partial charge in [0.15, 0.2) is 0 Å². The number of methoxy groups -OCH3 is 1. The summed E-state index contributed by atoms with van der Waals surface area (Å²) in [6, 6.07) is 4.38. The van der Waals surface area contributed by atoms with E-state index in [0.29, 0.717) is 11.4 Å². The molecule has 1 amide bonds. The Morgan fingerprint density at radius 2 is 2.12 bits per heavy atom. The van der Waals surface area contributed by atoms with Crippen LogP contribution in [0.4, 0.5) is 5.69 Å². The summed E-state index contributed by atoms with van der Waals surface area (Å²) in [5.41, 5.74) is 0.529. The normalized spacial score (nSPS) is 14.2. The van der Waals surface area contributed by atoms with Crippen LogP contribution < -0.4 is 10.1 Å². The van der Waals surface area contributed by atoms with Gasteiger partial charge in [0.05, 0.1) is 18.4 Å². The smallest absolute Gasteiger partial charge is 0.335 e. The van der Waals surface area contributed by atoms with Crippen LogP contribution in [0, 0.1) is 5.92 Å². The van der Waals surface area contributed by atoms with Crippen LogP contribution in [0.15, 0.2) is 18.2 Å². The molecule has 0 saturated heterocycles. The quantitative estimate of drug-likeness (QED) is 0.833. The fourth-order valence-electron chi connectivity index (χ4n) is 1.52. The van der Waals surface area contributed by atoms with E-state index in [1.807, 2.05) is 0 Å². The first-order valence-electron chi connectivity index (χ1n) is 5.34. The molecule has 1 aromatic rings. The van der Waals surface area contributed by atoms with E-state index in [9.17, 15) is 9.59 Å². The average Bonchev–Trinajstić information content (AvgIpc) is 3.12. The van der Waals surface area contributed by atoms with Gasteiger partial charge in [0.2, 0.25) is 5.91 Å². The number of nitrogens with one attached hydrogen (secondary N) is 1. The Balaban J connectivity index is 2.24. The molecule has 5 heteroatoms. The van der Waals surface area contributed by atoms with Crippen molar-refractivity contribution in [1.82, 2.24) is 0 Å². The SMILES string of the molecule is COc1ccc(C(=O)O)cc1NC(=O)C1CC1. The summed E-state index contributed by atoms with van der Waals surface area (Å²) >= 11 is 0. The van der Waals surface area contributed by atoms with Gasteiger partial charge in [0.25, 0.3) is 0 Å². The van der Waals surface area contributed by atoms with E-state index in [1.54, 1.807) is 0 Å². The third kappa shape index (κ3) is 2.55. The second-order valence-corrected chi connectivity index (χ2v) is 3.98. The van der Waals surface area contributed by atoms with Gasteiger partial charge in [-0.1, -0.05) is 0 Å². The Morgan fingerprint density at radius 1 is 1.41 bits per heavy atom. The highest BCUT2D eigenvalue weighted by Gasteiger charge is 2.30. The molecular formula is C12H13NO4. The minimum absolute atomic E-state index is 0.0631. The maximum absolute atomic E-state index is 11.6. The standard InChI is InChI=1S/C12H13NO4/c1-17-10-5-4-8(12(15)16)6-9(10)13-11(14)7-2-3-7/h4-7H,2-3H2,1H3,(H,13,14)(H,15,16). The number of aromatic carboxylic acids is 1. The lowest BCUT2D eigenvalue weighted by molar-refractivity contribution is -0.117. The van der Waals surface area contributed by atoms with Crippen molar-refractivity contribution >= 4 is 17.6 Å². The molecule has 0 spiro atoms. The molecule has 90 valence electrons. The van der Waals surface area contributed by atoms with E-state index in [2.05, 4.69) is 5.32 Å². The fraction of sp³-hybridized carbons (Fsp3) is 0.333. The summed E-state index contributed by atoms with van der Waals surface area (Å²) in [5.74, 6) is -0.586. The van der Waals surface area contributed by atoms with E-state index in [0.717, 1.165) is 12.8 Å². The van der Waals surface area contributed by atoms with Crippen LogP contribution in [-0.4, -0.2) is 24.1 Å². The van der Waals surface area contributed by atoms with Gasteiger partial charge in [0.1, 0.15) is 5.75 Å². The minimum Gasteiger partial charge on any atom is -0.495 e. The molecular weight excluding hydrogens is 222 g/mol. The molecule has 1 fully saturated rings. The van der Waals surface area contributed by atoms with Crippen LogP contribution in [0.25, 0.3) is 0 Å². The van der Waals surface area contributed by atoms with E-state index in [-0.39, 0.29) is 17.4 Å². The van der Waals surface area contributed by atoms with Gasteiger partial charge in [-0.2, -0.15) is 0 Å². The second kappa shape index (κ2) is 4.45. The number of carbonyl (C=O) groups is 2. The van der Waals surface area contributed by atoms with Crippen LogP contribution >= 0.6 is 0 Å². The van der Waals surface area contributed by atoms with Gasteiger partial charge in [0, 0.05) is 5.92 Å². The highest BCUT2D eigenvalue weighted by Crippen LogP contribution is 2.32. The number of hydrogen-bond acceptors (Lipinski definition) is 3. The number of ether oxygens (including phenoxy) is 1. The Labute approximate surface area is 98.4 Å². The molecule has 1 aromatic carbocycles. The lowest BCUT2D eigenvalue weighted by atomic mass is 10.2. The lowest BCUT2D eigenvalue weighted by Gasteiger charge is -2.10. The van der Waals surface area contributed by atoms with Crippen LogP contribution in [0.2, 0.25) is 0 Å². The molecule has 1 saturated carbocycles. The Kier molecular flexibility index (Phi) is 2.99. The Morgan fingerprint density at radius 3 is 2.65 bits per heavy atom. The van der Waals surface area contributed by atoms with Crippen molar-refractivity contribution in [3.05, 3.63) is 23.8 Å². The fourth-order valence-corrected chi connectivity index (χ4v) is 1.52. The minimum atomic E-state index is -1.03. The van der Waals surface area contributed by atoms with Crippen LogP contribution in [0.5, 0.6) is 5.75 Å². The van der Waals surface area contributed by atoms with Gasteiger partial charge in [-0.25, -0.2) is 4.79 Å². The molecule has 0 heterocycles. The number of carbonyl (C=O) groups excluding carboxylic acids is 1. The van der Waals surface area contributed by atoms with Crippen LogP contribution in [-0.2, 0) is 4.79 Å². The van der Waals surface area contributed by atoms with Gasteiger partial charge in [-0.3, -0.25) is 4.79 Å². The van der Waals surface area contributed by atoms with E-state index >= 15 is 0 Å². The third-order valence-electron chi connectivity index (χ3n) is 2.65. The average molecular weight is 235 g/mol. The van der Waals surface area contributed by atoms with Crippen LogP contribution in [0.3, 0.4) is 0 Å². The first-order chi connectivity index (χ1) is 8.11. The summed E-state index contributed by atoms with van der Waals surface area (Å²) in [4.78, 5) is 22.4. The van der Waals surface area contributed by atoms with E-state index in [4.69, 9.17) is 9.84 Å². The highest BCUT2D eigenvalue weighted by atomic mass is 16.5. The van der Waals surface area contributed by atoms with Crippen molar-refractivity contribution < 1.29 is 19.4 Å². The molecule has 0 atom stereocenters. The lowest BCUT2D eigenvalue weighted by Crippen LogP contribution is -2.14. The molecule has 0 aliphatic heterocycles. The Bertz CT molecular complexity index is 466. The maximum Gasteiger partial charge on any atom is 0.335 e. The van der Waals surface area contributed by atoms with Crippen molar-refractivity contribution in [3.8, 4) is 5.75 Å². The number of amides is 1. The summed E-state index contributed by atoms with van der Waals surface area (Å²) in [6.45, 7) is 0. The van der Waals surface area contributed by atoms with Crippen molar-refractivity contribution in [3.63, 3.8) is 0 Å². The third-order valence-corrected chi connectivity index (χ3v) is 2.65. The molecule has 1 aliphatic rings. The van der Waals surface area contributed by atoms with Gasteiger partial charge in [-0.15, -0.1) is 0 Å². The number of anilines is 1. The highest BCUT2D eigenvalue weighted by molar-refractivity contribution is 5.97. The topological polar surface area (TPSA) is 75.6 Å². The molecule has 0 aromatic heterocycles. The molecule has 0 unspecified atom stereocenters. The predicted octanol–water partition coefficient (Wildman–Crippen LogP) is 1.74. The van der Waals surface area contributed by atoms with Crippen molar-refractivity contribution in [2.75, 3.05) is 12.4 Å². The predicted molar refractivity (Wildman–Crippen MR) is 61.3 cm³/mol. The van der Waals surface area contributed by atoms with E-state index < -0.39 is 5.97 Å². The maximum atomic E-state index is 11.6. The summed E-state index contributed by atoms with van der Waals surface area (Å²) in [5, 5.41) is 11.6. The molecule has 17 heavy (non-hydrogen) atoms. The number of carboxylic acids is 1. The van der Waals surface area contributed by atoms with E-state index in [1.165, 1.54) is 25.3 Å².